The van der Waals surface area contributed by atoms with Crippen LogP contribution in [0.2, 0.25) is 0 Å². The molecule has 2 N–H and O–H groups in total. The number of thiazole rings is 1. The number of halogens is 1. The van der Waals surface area contributed by atoms with E-state index in [0.717, 1.165) is 55.4 Å². The van der Waals surface area contributed by atoms with Gasteiger partial charge in [0.15, 0.2) is 5.96 Å². The topological polar surface area (TPSA) is 75.6 Å². The third-order valence-electron chi connectivity index (χ3n) is 3.69. The molecule has 0 aliphatic heterocycles. The van der Waals surface area contributed by atoms with Crippen molar-refractivity contribution in [3.63, 3.8) is 0 Å². The summed E-state index contributed by atoms with van der Waals surface area (Å²) in [5.41, 5.74) is 1.09. The number of nitrogens with one attached hydrogen (secondary N) is 2. The van der Waals surface area contributed by atoms with Crippen LogP contribution in [0.15, 0.2) is 4.99 Å². The van der Waals surface area contributed by atoms with E-state index in [-0.39, 0.29) is 29.9 Å². The Hall–Kier alpha value is -0.900. The van der Waals surface area contributed by atoms with Gasteiger partial charge in [-0.05, 0) is 40.5 Å². The second-order valence-corrected chi connectivity index (χ2v) is 7.13. The standard InChI is InChI=1S/C18H32N4O2S.HI/c1-5-19-18(21-13-16-22-14(3)15(4)25-16)20-12-10-8-7-9-11-17(23)24-6-2;/h5-13H2,1-4H3,(H2,19,20,21);1H. The highest BCUT2D eigenvalue weighted by atomic mass is 127. The van der Waals surface area contributed by atoms with Crippen molar-refractivity contribution in [1.29, 1.82) is 0 Å². The number of nitrogens with zero attached hydrogens (tertiary/aromatic N) is 2. The first kappa shape index (κ1) is 25.1. The minimum atomic E-state index is -0.0881. The predicted octanol–water partition coefficient (Wildman–Crippen LogP) is 3.95. The van der Waals surface area contributed by atoms with Crippen molar-refractivity contribution in [2.75, 3.05) is 19.7 Å². The zero-order valence-corrected chi connectivity index (χ0v) is 19.5. The second kappa shape index (κ2) is 15.2. The Bertz CT molecular complexity index is 530. The van der Waals surface area contributed by atoms with Crippen LogP contribution in [-0.2, 0) is 16.1 Å². The average molecular weight is 496 g/mol. The van der Waals surface area contributed by atoms with Crippen molar-refractivity contribution in [3.8, 4) is 0 Å². The molecule has 0 aromatic carbocycles. The summed E-state index contributed by atoms with van der Waals surface area (Å²) < 4.78 is 4.92. The zero-order valence-electron chi connectivity index (χ0n) is 16.4. The van der Waals surface area contributed by atoms with Gasteiger partial charge in [0.1, 0.15) is 5.01 Å². The van der Waals surface area contributed by atoms with E-state index < -0.39 is 0 Å². The van der Waals surface area contributed by atoms with Crippen LogP contribution in [0.4, 0.5) is 0 Å². The quantitative estimate of drug-likeness (QED) is 0.160. The van der Waals surface area contributed by atoms with Crippen LogP contribution < -0.4 is 10.6 Å². The zero-order chi connectivity index (χ0) is 18.5. The molecule has 1 heterocycles. The van der Waals surface area contributed by atoms with E-state index in [9.17, 15) is 4.79 Å². The molecular weight excluding hydrogens is 463 g/mol. The van der Waals surface area contributed by atoms with Crippen molar-refractivity contribution >= 4 is 47.2 Å². The summed E-state index contributed by atoms with van der Waals surface area (Å²) >= 11 is 1.71. The molecule has 0 unspecified atom stereocenters. The molecule has 1 aromatic heterocycles. The van der Waals surface area contributed by atoms with Crippen LogP contribution in [0.5, 0.6) is 0 Å². The lowest BCUT2D eigenvalue weighted by Crippen LogP contribution is -2.37. The number of aryl methyl sites for hydroxylation is 2. The van der Waals surface area contributed by atoms with Gasteiger partial charge in [0.05, 0.1) is 18.8 Å². The predicted molar refractivity (Wildman–Crippen MR) is 120 cm³/mol. The number of esters is 1. The summed E-state index contributed by atoms with van der Waals surface area (Å²) in [6.45, 7) is 10.8. The molecule has 0 atom stereocenters. The normalized spacial score (nSPS) is 11.0. The number of aromatic nitrogens is 1. The van der Waals surface area contributed by atoms with E-state index in [4.69, 9.17) is 4.74 Å². The van der Waals surface area contributed by atoms with Gasteiger partial charge in [0, 0.05) is 24.4 Å². The van der Waals surface area contributed by atoms with Crippen molar-refractivity contribution in [2.24, 2.45) is 4.99 Å². The first-order valence-corrected chi connectivity index (χ1v) is 9.99. The molecular formula is C18H33IN4O2S. The minimum Gasteiger partial charge on any atom is -0.466 e. The Morgan fingerprint density at radius 2 is 1.88 bits per heavy atom. The highest BCUT2D eigenvalue weighted by molar-refractivity contribution is 14.0. The molecule has 0 spiro atoms. The van der Waals surface area contributed by atoms with Crippen LogP contribution in [0.3, 0.4) is 0 Å². The van der Waals surface area contributed by atoms with E-state index in [1.807, 2.05) is 13.8 Å². The van der Waals surface area contributed by atoms with Crippen LogP contribution in [0.25, 0.3) is 0 Å². The Morgan fingerprint density at radius 3 is 2.50 bits per heavy atom. The minimum absolute atomic E-state index is 0. The van der Waals surface area contributed by atoms with Crippen LogP contribution in [-0.4, -0.2) is 36.6 Å². The first-order chi connectivity index (χ1) is 12.1. The summed E-state index contributed by atoms with van der Waals surface area (Å²) in [5, 5.41) is 7.66. The first-order valence-electron chi connectivity index (χ1n) is 9.17. The Morgan fingerprint density at radius 1 is 1.15 bits per heavy atom. The number of guanidine groups is 1. The van der Waals surface area contributed by atoms with Crippen LogP contribution in [0, 0.1) is 13.8 Å². The number of unbranched alkanes of at least 4 members (excludes halogenated alkanes) is 3. The van der Waals surface area contributed by atoms with E-state index >= 15 is 0 Å². The summed E-state index contributed by atoms with van der Waals surface area (Å²) in [7, 11) is 0. The Labute approximate surface area is 178 Å². The van der Waals surface area contributed by atoms with Gasteiger partial charge in [0.2, 0.25) is 0 Å². The van der Waals surface area contributed by atoms with Crippen molar-refractivity contribution < 1.29 is 9.53 Å². The largest absolute Gasteiger partial charge is 0.466 e. The van der Waals surface area contributed by atoms with Gasteiger partial charge in [-0.3, -0.25) is 4.79 Å². The Balaban J connectivity index is 0.00000625. The molecule has 0 amide bonds. The maximum atomic E-state index is 11.2. The maximum absolute atomic E-state index is 11.2. The molecule has 26 heavy (non-hydrogen) atoms. The van der Waals surface area contributed by atoms with Gasteiger partial charge in [-0.1, -0.05) is 12.8 Å². The SMILES string of the molecule is CCNC(=NCc1nc(C)c(C)s1)NCCCCCCC(=O)OCC.I. The molecule has 0 bridgehead atoms. The van der Waals surface area contributed by atoms with Gasteiger partial charge in [-0.15, -0.1) is 35.3 Å². The summed E-state index contributed by atoms with van der Waals surface area (Å²) in [6, 6.07) is 0. The molecule has 0 saturated heterocycles. The van der Waals surface area contributed by atoms with Crippen molar-refractivity contribution in [2.45, 2.75) is 66.3 Å². The van der Waals surface area contributed by atoms with E-state index in [0.29, 0.717) is 19.6 Å². The number of hydrogen-bond donors (Lipinski definition) is 2. The van der Waals surface area contributed by atoms with E-state index in [2.05, 4.69) is 34.5 Å². The molecule has 0 aliphatic carbocycles. The molecule has 1 aromatic rings. The fraction of sp³-hybridized carbons (Fsp3) is 0.722. The highest BCUT2D eigenvalue weighted by Crippen LogP contribution is 2.16. The monoisotopic (exact) mass is 496 g/mol. The molecule has 8 heteroatoms. The van der Waals surface area contributed by atoms with Crippen molar-refractivity contribution in [1.82, 2.24) is 15.6 Å². The number of carbonyl (C=O) groups is 1. The third-order valence-corrected chi connectivity index (χ3v) is 4.75. The summed E-state index contributed by atoms with van der Waals surface area (Å²) in [5.74, 6) is 0.745. The number of carbonyl (C=O) groups excluding carboxylic acids is 1. The molecule has 0 saturated carbocycles. The number of aliphatic imine (C=N–C) groups is 1. The number of hydrogen-bond acceptors (Lipinski definition) is 5. The molecule has 0 fully saturated rings. The smallest absolute Gasteiger partial charge is 0.305 e. The average Bonchev–Trinajstić information content (AvgIpc) is 2.90. The van der Waals surface area contributed by atoms with Gasteiger partial charge in [-0.2, -0.15) is 0 Å². The molecule has 0 radical (unpaired) electrons. The molecule has 6 nitrogen and oxygen atoms in total. The third kappa shape index (κ3) is 10.9. The van der Waals surface area contributed by atoms with Crippen LogP contribution in [0.1, 0.15) is 61.5 Å². The lowest BCUT2D eigenvalue weighted by Gasteiger charge is -2.10. The Kier molecular flexibility index (Phi) is 14.7. The van der Waals surface area contributed by atoms with Crippen molar-refractivity contribution in [3.05, 3.63) is 15.6 Å². The lowest BCUT2D eigenvalue weighted by molar-refractivity contribution is -0.143. The van der Waals surface area contributed by atoms with E-state index in [1.54, 1.807) is 11.3 Å². The second-order valence-electron chi connectivity index (χ2n) is 5.84. The van der Waals surface area contributed by atoms with Gasteiger partial charge < -0.3 is 15.4 Å². The fourth-order valence-corrected chi connectivity index (χ4v) is 3.14. The summed E-state index contributed by atoms with van der Waals surface area (Å²) in [6.07, 6.45) is 4.62. The highest BCUT2D eigenvalue weighted by Gasteiger charge is 2.04. The van der Waals surface area contributed by atoms with E-state index in [1.165, 1.54) is 4.88 Å². The lowest BCUT2D eigenvalue weighted by atomic mass is 10.1. The molecule has 1 rings (SSSR count). The maximum Gasteiger partial charge on any atom is 0.305 e. The number of ether oxygens (including phenoxy) is 1. The molecule has 150 valence electrons. The van der Waals surface area contributed by atoms with Gasteiger partial charge in [0.25, 0.3) is 0 Å². The van der Waals surface area contributed by atoms with Gasteiger partial charge >= 0.3 is 5.97 Å². The summed E-state index contributed by atoms with van der Waals surface area (Å²) in [4.78, 5) is 21.6. The molecule has 0 aliphatic rings. The number of rotatable bonds is 11. The van der Waals surface area contributed by atoms with Gasteiger partial charge in [-0.25, -0.2) is 9.98 Å². The fourth-order valence-electron chi connectivity index (χ4n) is 2.28. The van der Waals surface area contributed by atoms with Crippen LogP contribution >= 0.6 is 35.3 Å².